The van der Waals surface area contributed by atoms with Crippen molar-refractivity contribution in [2.75, 3.05) is 27.2 Å². The molecule has 0 saturated carbocycles. The molecule has 0 aliphatic heterocycles. The van der Waals surface area contributed by atoms with E-state index in [-0.39, 0.29) is 0 Å². The van der Waals surface area contributed by atoms with E-state index in [1.54, 1.807) is 11.3 Å². The van der Waals surface area contributed by atoms with E-state index in [0.29, 0.717) is 13.2 Å². The third kappa shape index (κ3) is 4.09. The van der Waals surface area contributed by atoms with Gasteiger partial charge in [0.2, 0.25) is 0 Å². The smallest absolute Gasteiger partial charge is 0.130 e. The molecule has 0 amide bonds. The first-order valence-corrected chi connectivity index (χ1v) is 5.65. The van der Waals surface area contributed by atoms with E-state index in [2.05, 4.69) is 30.4 Å². The van der Waals surface area contributed by atoms with Crippen molar-refractivity contribution in [3.8, 4) is 5.75 Å². The number of hydrogen-bond donors (Lipinski definition) is 1. The summed E-state index contributed by atoms with van der Waals surface area (Å²) in [6.07, 6.45) is 0.916. The number of hydrogen-bond acceptors (Lipinski definition) is 4. The Hall–Kier alpha value is -0.580. The van der Waals surface area contributed by atoms with Gasteiger partial charge in [0, 0.05) is 16.8 Å². The van der Waals surface area contributed by atoms with Gasteiger partial charge in [-0.25, -0.2) is 0 Å². The van der Waals surface area contributed by atoms with Crippen molar-refractivity contribution in [2.45, 2.75) is 13.0 Å². The molecule has 1 rings (SSSR count). The lowest BCUT2D eigenvalue weighted by atomic mass is 10.4. The van der Waals surface area contributed by atoms with Gasteiger partial charge in [-0.1, -0.05) is 0 Å². The van der Waals surface area contributed by atoms with Crippen LogP contribution in [0.4, 0.5) is 0 Å². The van der Waals surface area contributed by atoms with Crippen LogP contribution in [-0.4, -0.2) is 32.1 Å². The lowest BCUT2D eigenvalue weighted by Crippen LogP contribution is -2.09. The summed E-state index contributed by atoms with van der Waals surface area (Å²) in [5, 5.41) is 2.05. The van der Waals surface area contributed by atoms with Gasteiger partial charge in [0.15, 0.2) is 0 Å². The van der Waals surface area contributed by atoms with Crippen molar-refractivity contribution in [1.29, 1.82) is 0 Å². The van der Waals surface area contributed by atoms with Gasteiger partial charge in [-0.15, -0.1) is 11.3 Å². The Kier molecular flexibility index (Phi) is 4.93. The highest BCUT2D eigenvalue weighted by molar-refractivity contribution is 7.10. The molecule has 0 saturated heterocycles. The van der Waals surface area contributed by atoms with Crippen LogP contribution in [0.5, 0.6) is 5.75 Å². The van der Waals surface area contributed by atoms with Crippen molar-refractivity contribution in [3.63, 3.8) is 0 Å². The van der Waals surface area contributed by atoms with Crippen molar-refractivity contribution >= 4 is 11.3 Å². The molecule has 0 unspecified atom stereocenters. The minimum Gasteiger partial charge on any atom is -0.493 e. The van der Waals surface area contributed by atoms with Gasteiger partial charge in [-0.05, 0) is 33.1 Å². The number of thiophene rings is 1. The monoisotopic (exact) mass is 214 g/mol. The normalized spacial score (nSPS) is 10.9. The predicted octanol–water partition coefficient (Wildman–Crippen LogP) is 1.54. The van der Waals surface area contributed by atoms with Crippen LogP contribution in [0, 0.1) is 0 Å². The Labute approximate surface area is 89.5 Å². The zero-order valence-electron chi connectivity index (χ0n) is 8.82. The largest absolute Gasteiger partial charge is 0.493 e. The first kappa shape index (κ1) is 11.5. The van der Waals surface area contributed by atoms with Gasteiger partial charge in [0.05, 0.1) is 6.61 Å². The van der Waals surface area contributed by atoms with Crippen molar-refractivity contribution in [1.82, 2.24) is 4.90 Å². The molecule has 4 heteroatoms. The molecule has 80 valence electrons. The minimum atomic E-state index is 0.689. The summed E-state index contributed by atoms with van der Waals surface area (Å²) < 4.78 is 5.52. The molecule has 0 fully saturated rings. The van der Waals surface area contributed by atoms with Crippen LogP contribution in [0.2, 0.25) is 0 Å². The van der Waals surface area contributed by atoms with Gasteiger partial charge in [0.25, 0.3) is 0 Å². The molecular weight excluding hydrogens is 196 g/mol. The molecule has 0 bridgehead atoms. The Morgan fingerprint density at radius 1 is 1.50 bits per heavy atom. The summed E-state index contributed by atoms with van der Waals surface area (Å²) in [5.41, 5.74) is 5.38. The highest BCUT2D eigenvalue weighted by Crippen LogP contribution is 2.22. The van der Waals surface area contributed by atoms with Crippen molar-refractivity contribution < 1.29 is 4.74 Å². The standard InChI is InChI=1S/C10H18N2OS/c1-12(2)7-10-6-9(8-14-10)13-5-3-4-11/h6,8H,3-5,7,11H2,1-2H3. The van der Waals surface area contributed by atoms with Crippen LogP contribution in [0.25, 0.3) is 0 Å². The number of nitrogens with zero attached hydrogens (tertiary/aromatic N) is 1. The molecule has 0 aliphatic rings. The molecule has 1 heterocycles. The molecule has 3 nitrogen and oxygen atoms in total. The van der Waals surface area contributed by atoms with E-state index >= 15 is 0 Å². The summed E-state index contributed by atoms with van der Waals surface area (Å²) in [6, 6.07) is 2.10. The molecule has 0 aromatic carbocycles. The van der Waals surface area contributed by atoms with Gasteiger partial charge in [-0.2, -0.15) is 0 Å². The SMILES string of the molecule is CN(C)Cc1cc(OCCCN)cs1. The molecule has 1 aromatic heterocycles. The fourth-order valence-corrected chi connectivity index (χ4v) is 2.02. The van der Waals surface area contributed by atoms with E-state index in [9.17, 15) is 0 Å². The third-order valence-corrected chi connectivity index (χ3v) is 2.62. The van der Waals surface area contributed by atoms with E-state index in [4.69, 9.17) is 10.5 Å². The van der Waals surface area contributed by atoms with Crippen LogP contribution in [0.1, 0.15) is 11.3 Å². The van der Waals surface area contributed by atoms with Gasteiger partial charge < -0.3 is 15.4 Å². The van der Waals surface area contributed by atoms with Gasteiger partial charge in [0.1, 0.15) is 5.75 Å². The predicted molar refractivity (Wildman–Crippen MR) is 60.9 cm³/mol. The van der Waals surface area contributed by atoms with Crippen molar-refractivity contribution in [2.24, 2.45) is 5.73 Å². The highest BCUT2D eigenvalue weighted by atomic mass is 32.1. The van der Waals surface area contributed by atoms with Crippen LogP contribution < -0.4 is 10.5 Å². The van der Waals surface area contributed by atoms with Gasteiger partial charge >= 0.3 is 0 Å². The molecule has 0 atom stereocenters. The van der Waals surface area contributed by atoms with Gasteiger partial charge in [-0.3, -0.25) is 0 Å². The molecule has 1 aromatic rings. The minimum absolute atomic E-state index is 0.689. The van der Waals surface area contributed by atoms with Crippen LogP contribution >= 0.6 is 11.3 Å². The van der Waals surface area contributed by atoms with Crippen molar-refractivity contribution in [3.05, 3.63) is 16.3 Å². The summed E-state index contributed by atoms with van der Waals surface area (Å²) in [5.74, 6) is 0.973. The first-order chi connectivity index (χ1) is 6.72. The second kappa shape index (κ2) is 6.01. The Balaban J connectivity index is 2.35. The van der Waals surface area contributed by atoms with E-state index in [0.717, 1.165) is 18.7 Å². The van der Waals surface area contributed by atoms with E-state index in [1.807, 2.05) is 0 Å². The number of nitrogens with two attached hydrogens (primary N) is 1. The molecule has 0 radical (unpaired) electrons. The van der Waals surface area contributed by atoms with E-state index in [1.165, 1.54) is 4.88 Å². The maximum Gasteiger partial charge on any atom is 0.130 e. The zero-order valence-corrected chi connectivity index (χ0v) is 9.64. The molecule has 0 aliphatic carbocycles. The van der Waals surface area contributed by atoms with E-state index < -0.39 is 0 Å². The quantitative estimate of drug-likeness (QED) is 0.730. The number of rotatable bonds is 6. The topological polar surface area (TPSA) is 38.5 Å². The zero-order chi connectivity index (χ0) is 10.4. The van der Waals surface area contributed by atoms with Crippen LogP contribution in [-0.2, 0) is 6.54 Å². The van der Waals surface area contributed by atoms with Crippen LogP contribution in [0.15, 0.2) is 11.4 Å². The summed E-state index contributed by atoms with van der Waals surface area (Å²) in [7, 11) is 4.13. The Morgan fingerprint density at radius 3 is 2.93 bits per heavy atom. The van der Waals surface area contributed by atoms with Crippen LogP contribution in [0.3, 0.4) is 0 Å². The fourth-order valence-electron chi connectivity index (χ4n) is 1.10. The Morgan fingerprint density at radius 2 is 2.29 bits per heavy atom. The summed E-state index contributed by atoms with van der Waals surface area (Å²) in [4.78, 5) is 3.48. The third-order valence-electron chi connectivity index (χ3n) is 1.72. The first-order valence-electron chi connectivity index (χ1n) is 4.77. The maximum absolute atomic E-state index is 5.52. The highest BCUT2D eigenvalue weighted by Gasteiger charge is 2.01. The Bertz CT molecular complexity index is 260. The number of ether oxygens (including phenoxy) is 1. The summed E-state index contributed by atoms with van der Waals surface area (Å²) in [6.45, 7) is 2.38. The molecular formula is C10H18N2OS. The second-order valence-electron chi connectivity index (χ2n) is 3.48. The maximum atomic E-state index is 5.52. The molecule has 0 spiro atoms. The average Bonchev–Trinajstić information content (AvgIpc) is 2.52. The average molecular weight is 214 g/mol. The fraction of sp³-hybridized carbons (Fsp3) is 0.600. The molecule has 2 N–H and O–H groups in total. The summed E-state index contributed by atoms with van der Waals surface area (Å²) >= 11 is 1.74. The second-order valence-corrected chi connectivity index (χ2v) is 4.47. The lowest BCUT2D eigenvalue weighted by Gasteiger charge is -2.06. The lowest BCUT2D eigenvalue weighted by molar-refractivity contribution is 0.314. The molecule has 14 heavy (non-hydrogen) atoms.